The first kappa shape index (κ1) is 90.6. The fraction of sp³-hybridized carbons (Fsp3) is 0.775. The molecule has 94 heavy (non-hydrogen) atoms. The molecule has 0 spiro atoms. The standard InChI is InChI=1S/C89H158O5/c1-3-5-7-9-11-13-15-17-19-21-23-25-27-29-31-33-35-37-39-41-43-44-46-47-49-51-53-55-57-59-61-63-65-67-69-71-73-75-77-79-81-83-88(91)93-86-87(85-90)94-89(92)84-82-80-78-76-74-72-70-68-66-64-62-60-58-56-54-52-50-48-45-42-40-38-36-34-32-30-28-26-24-22-20-18-16-14-12-10-8-6-4-2/h6,8,12,14,18,20,24,26,30,32,36,38,42,45,50,52,56,58,87,90H,3-5,7,9-11,13,15-17,19,21-23,25,27-29,31,33-35,37,39-41,43-44,46-49,51,53-55,57,59-86H2,1-2H3/b8-6-,14-12-,20-18-,26-24-,32-30-,38-36-,45-42-,52-50-,58-56-. The second-order valence-corrected chi connectivity index (χ2v) is 27.8. The highest BCUT2D eigenvalue weighted by molar-refractivity contribution is 5.70. The number of aliphatic hydroxyl groups excluding tert-OH is 1. The minimum absolute atomic E-state index is 0.0670. The van der Waals surface area contributed by atoms with Crippen LogP contribution in [0.3, 0.4) is 0 Å². The highest BCUT2D eigenvalue weighted by Crippen LogP contribution is 2.20. The number of hydrogen-bond donors (Lipinski definition) is 1. The van der Waals surface area contributed by atoms with Crippen molar-refractivity contribution in [2.75, 3.05) is 13.2 Å². The molecule has 0 aliphatic rings. The van der Waals surface area contributed by atoms with Crippen LogP contribution in [-0.2, 0) is 19.1 Å². The van der Waals surface area contributed by atoms with Crippen molar-refractivity contribution in [3.8, 4) is 0 Å². The van der Waals surface area contributed by atoms with Crippen molar-refractivity contribution in [2.24, 2.45) is 0 Å². The third kappa shape index (κ3) is 81.0. The Morgan fingerprint density at radius 3 is 0.691 bits per heavy atom. The quantitative estimate of drug-likeness (QED) is 0.0373. The lowest BCUT2D eigenvalue weighted by molar-refractivity contribution is -0.161. The van der Waals surface area contributed by atoms with Gasteiger partial charge in [-0.1, -0.05) is 438 Å². The third-order valence-electron chi connectivity index (χ3n) is 18.6. The number of rotatable bonds is 77. The molecule has 544 valence electrons. The number of ether oxygens (including phenoxy) is 2. The highest BCUT2D eigenvalue weighted by Gasteiger charge is 2.16. The Hall–Kier alpha value is -3.44. The first-order chi connectivity index (χ1) is 46.6. The molecule has 1 N–H and O–H groups in total. The normalized spacial score (nSPS) is 12.8. The van der Waals surface area contributed by atoms with Gasteiger partial charge in [0, 0.05) is 12.8 Å². The Labute approximate surface area is 586 Å². The Bertz CT molecular complexity index is 1780. The van der Waals surface area contributed by atoms with Crippen LogP contribution in [0.4, 0.5) is 0 Å². The van der Waals surface area contributed by atoms with Crippen molar-refractivity contribution in [2.45, 2.75) is 431 Å². The van der Waals surface area contributed by atoms with Gasteiger partial charge in [0.25, 0.3) is 0 Å². The van der Waals surface area contributed by atoms with Crippen LogP contribution in [0.1, 0.15) is 425 Å². The number of esters is 2. The minimum Gasteiger partial charge on any atom is -0.462 e. The molecule has 1 unspecified atom stereocenters. The summed E-state index contributed by atoms with van der Waals surface area (Å²) in [6.45, 7) is 4.08. The van der Waals surface area contributed by atoms with Gasteiger partial charge in [-0.15, -0.1) is 0 Å². The van der Waals surface area contributed by atoms with Gasteiger partial charge in [-0.3, -0.25) is 9.59 Å². The van der Waals surface area contributed by atoms with E-state index in [1.165, 1.54) is 302 Å². The van der Waals surface area contributed by atoms with Crippen LogP contribution in [0.15, 0.2) is 109 Å². The fourth-order valence-electron chi connectivity index (χ4n) is 12.4. The van der Waals surface area contributed by atoms with Crippen molar-refractivity contribution in [1.82, 2.24) is 0 Å². The second-order valence-electron chi connectivity index (χ2n) is 27.8. The minimum atomic E-state index is -0.780. The molecule has 0 aromatic carbocycles. The van der Waals surface area contributed by atoms with Crippen LogP contribution in [0.2, 0.25) is 0 Å². The molecule has 0 fully saturated rings. The molecule has 0 aromatic heterocycles. The van der Waals surface area contributed by atoms with Gasteiger partial charge >= 0.3 is 11.9 Å². The van der Waals surface area contributed by atoms with E-state index in [1.54, 1.807) is 0 Å². The van der Waals surface area contributed by atoms with Gasteiger partial charge in [-0.25, -0.2) is 0 Å². The van der Waals surface area contributed by atoms with E-state index in [4.69, 9.17) is 9.47 Å². The van der Waals surface area contributed by atoms with Crippen molar-refractivity contribution in [3.63, 3.8) is 0 Å². The second kappa shape index (κ2) is 83.8. The van der Waals surface area contributed by atoms with E-state index >= 15 is 0 Å². The van der Waals surface area contributed by atoms with Crippen LogP contribution in [-0.4, -0.2) is 36.4 Å². The van der Waals surface area contributed by atoms with E-state index in [0.717, 1.165) is 96.3 Å². The van der Waals surface area contributed by atoms with Crippen LogP contribution in [0.25, 0.3) is 0 Å². The molecule has 0 bridgehead atoms. The van der Waals surface area contributed by atoms with Gasteiger partial charge in [0.15, 0.2) is 6.10 Å². The summed E-state index contributed by atoms with van der Waals surface area (Å²) in [5, 5.41) is 9.73. The number of carbonyl (C=O) groups is 2. The topological polar surface area (TPSA) is 72.8 Å². The summed E-state index contributed by atoms with van der Waals surface area (Å²) in [7, 11) is 0. The van der Waals surface area contributed by atoms with Crippen LogP contribution < -0.4 is 0 Å². The molecular weight excluding hydrogens is 1150 g/mol. The summed E-state index contributed by atoms with van der Waals surface area (Å²) in [5.41, 5.74) is 0. The van der Waals surface area contributed by atoms with Gasteiger partial charge in [0.2, 0.25) is 0 Å². The molecule has 0 heterocycles. The van der Waals surface area contributed by atoms with Crippen LogP contribution >= 0.6 is 0 Å². The van der Waals surface area contributed by atoms with Crippen molar-refractivity contribution in [1.29, 1.82) is 0 Å². The third-order valence-corrected chi connectivity index (χ3v) is 18.6. The molecule has 0 saturated carbocycles. The summed E-state index contributed by atoms with van der Waals surface area (Å²) in [6.07, 6.45) is 122. The molecular formula is C89H158O5. The smallest absolute Gasteiger partial charge is 0.306 e. The molecule has 0 rings (SSSR count). The lowest BCUT2D eigenvalue weighted by atomic mass is 10.0. The average molecular weight is 1310 g/mol. The van der Waals surface area contributed by atoms with Crippen LogP contribution in [0, 0.1) is 0 Å². The zero-order valence-electron chi connectivity index (χ0n) is 62.7. The number of hydrogen-bond acceptors (Lipinski definition) is 5. The first-order valence-corrected chi connectivity index (χ1v) is 41.4. The van der Waals surface area contributed by atoms with E-state index in [0.29, 0.717) is 12.8 Å². The molecule has 0 saturated heterocycles. The molecule has 1 atom stereocenters. The van der Waals surface area contributed by atoms with Gasteiger partial charge in [-0.05, 0) is 83.5 Å². The van der Waals surface area contributed by atoms with E-state index in [1.807, 2.05) is 0 Å². The molecule has 5 heteroatoms. The summed E-state index contributed by atoms with van der Waals surface area (Å²) in [6, 6.07) is 0. The maximum Gasteiger partial charge on any atom is 0.306 e. The largest absolute Gasteiger partial charge is 0.462 e. The molecule has 0 aliphatic heterocycles. The number of carbonyl (C=O) groups excluding carboxylic acids is 2. The highest BCUT2D eigenvalue weighted by atomic mass is 16.6. The zero-order chi connectivity index (χ0) is 67.5. The predicted molar refractivity (Wildman–Crippen MR) is 417 cm³/mol. The van der Waals surface area contributed by atoms with Crippen molar-refractivity contribution >= 4 is 11.9 Å². The van der Waals surface area contributed by atoms with Gasteiger partial charge in [0.1, 0.15) is 6.61 Å². The fourth-order valence-corrected chi connectivity index (χ4v) is 12.4. The molecule has 0 aromatic rings. The summed E-state index contributed by atoms with van der Waals surface area (Å²) >= 11 is 0. The summed E-state index contributed by atoms with van der Waals surface area (Å²) in [5.74, 6) is -0.579. The van der Waals surface area contributed by atoms with Crippen molar-refractivity contribution < 1.29 is 24.2 Å². The maximum atomic E-state index is 12.4. The Morgan fingerprint density at radius 1 is 0.255 bits per heavy atom. The van der Waals surface area contributed by atoms with Gasteiger partial charge in [-0.2, -0.15) is 0 Å². The van der Waals surface area contributed by atoms with Crippen molar-refractivity contribution in [3.05, 3.63) is 109 Å². The Morgan fingerprint density at radius 2 is 0.457 bits per heavy atom. The zero-order valence-corrected chi connectivity index (χ0v) is 62.7. The predicted octanol–water partition coefficient (Wildman–Crippen LogP) is 29.4. The van der Waals surface area contributed by atoms with Crippen LogP contribution in [0.5, 0.6) is 0 Å². The van der Waals surface area contributed by atoms with E-state index < -0.39 is 6.10 Å². The number of allylic oxidation sites excluding steroid dienone is 18. The molecule has 0 amide bonds. The number of aliphatic hydroxyl groups is 1. The monoisotopic (exact) mass is 1310 g/mol. The van der Waals surface area contributed by atoms with Gasteiger partial charge < -0.3 is 14.6 Å². The van der Waals surface area contributed by atoms with E-state index in [9.17, 15) is 14.7 Å². The SMILES string of the molecule is CC/C=C\C/C=C\C/C=C\C/C=C\C/C=C\C/C=C\C/C=C\C/C=C\C/C=C\CCCCCCCCCCCCCC(=O)OC(CO)COC(=O)CCCCCCCCCCCCCCCCCCCCCCCCCCCCCCCCCCCCCCCCCCC. The maximum absolute atomic E-state index is 12.4. The van der Waals surface area contributed by atoms with E-state index in [-0.39, 0.29) is 25.2 Å². The number of unbranched alkanes of at least 4 members (excludes halogenated alkanes) is 51. The molecule has 5 nitrogen and oxygen atoms in total. The summed E-state index contributed by atoms with van der Waals surface area (Å²) in [4.78, 5) is 24.7. The average Bonchev–Trinajstić information content (AvgIpc) is 3.65. The molecule has 0 radical (unpaired) electrons. The van der Waals surface area contributed by atoms with E-state index in [2.05, 4.69) is 123 Å². The Balaban J connectivity index is 3.43. The lowest BCUT2D eigenvalue weighted by Crippen LogP contribution is -2.28. The lowest BCUT2D eigenvalue weighted by Gasteiger charge is -2.15. The first-order valence-electron chi connectivity index (χ1n) is 41.4. The van der Waals surface area contributed by atoms with Gasteiger partial charge in [0.05, 0.1) is 6.61 Å². The molecule has 0 aliphatic carbocycles. The Kier molecular flexibility index (Phi) is 80.7. The summed E-state index contributed by atoms with van der Waals surface area (Å²) < 4.78 is 10.8.